The quantitative estimate of drug-likeness (QED) is 0.499. The molecular formula is C21H39N. The van der Waals surface area contributed by atoms with Gasteiger partial charge in [-0.15, -0.1) is 0 Å². The van der Waals surface area contributed by atoms with E-state index in [1.165, 1.54) is 32.1 Å². The van der Waals surface area contributed by atoms with Crippen molar-refractivity contribution in [3.63, 3.8) is 0 Å². The first-order valence-corrected chi connectivity index (χ1v) is 9.34. The molecule has 0 saturated heterocycles. The van der Waals surface area contributed by atoms with Crippen LogP contribution in [0, 0.1) is 16.7 Å². The van der Waals surface area contributed by atoms with Crippen molar-refractivity contribution in [3.8, 4) is 0 Å². The van der Waals surface area contributed by atoms with Gasteiger partial charge in [0.05, 0.1) is 0 Å². The maximum atomic E-state index is 2.52. The van der Waals surface area contributed by atoms with Crippen LogP contribution in [-0.2, 0) is 0 Å². The van der Waals surface area contributed by atoms with E-state index in [0.29, 0.717) is 16.7 Å². The molecule has 0 spiro atoms. The first-order valence-electron chi connectivity index (χ1n) is 9.34. The summed E-state index contributed by atoms with van der Waals surface area (Å²) < 4.78 is 0. The number of rotatable bonds is 9. The molecule has 128 valence electrons. The lowest BCUT2D eigenvalue weighted by atomic mass is 9.62. The van der Waals surface area contributed by atoms with E-state index in [1.54, 1.807) is 11.1 Å². The van der Waals surface area contributed by atoms with Gasteiger partial charge in [-0.3, -0.25) is 0 Å². The van der Waals surface area contributed by atoms with Gasteiger partial charge in [-0.1, -0.05) is 59.3 Å². The van der Waals surface area contributed by atoms with Crippen molar-refractivity contribution in [2.75, 3.05) is 20.6 Å². The minimum absolute atomic E-state index is 0.349. The lowest BCUT2D eigenvalue weighted by molar-refractivity contribution is 0.199. The molecular weight excluding hydrogens is 266 g/mol. The van der Waals surface area contributed by atoms with Crippen molar-refractivity contribution in [2.45, 2.75) is 73.6 Å². The molecule has 1 aliphatic rings. The maximum absolute atomic E-state index is 2.52. The molecule has 22 heavy (non-hydrogen) atoms. The van der Waals surface area contributed by atoms with Gasteiger partial charge in [0.1, 0.15) is 0 Å². The van der Waals surface area contributed by atoms with E-state index in [-0.39, 0.29) is 0 Å². The van der Waals surface area contributed by atoms with Gasteiger partial charge in [-0.25, -0.2) is 0 Å². The van der Waals surface area contributed by atoms with Crippen molar-refractivity contribution in [2.24, 2.45) is 16.7 Å². The molecule has 1 aliphatic carbocycles. The van der Waals surface area contributed by atoms with E-state index in [9.17, 15) is 0 Å². The third-order valence-corrected chi connectivity index (χ3v) is 6.55. The van der Waals surface area contributed by atoms with Crippen LogP contribution in [0.4, 0.5) is 0 Å². The second kappa shape index (κ2) is 7.81. The van der Waals surface area contributed by atoms with Crippen LogP contribution in [0.5, 0.6) is 0 Å². The molecule has 0 N–H and O–H groups in total. The van der Waals surface area contributed by atoms with E-state index >= 15 is 0 Å². The molecule has 0 aromatic carbocycles. The lowest BCUT2D eigenvalue weighted by Crippen LogP contribution is -2.32. The highest BCUT2D eigenvalue weighted by molar-refractivity contribution is 5.42. The lowest BCUT2D eigenvalue weighted by Gasteiger charge is -2.42. The van der Waals surface area contributed by atoms with Crippen LogP contribution < -0.4 is 0 Å². The average molecular weight is 306 g/mol. The van der Waals surface area contributed by atoms with E-state index in [1.807, 2.05) is 0 Å². The predicted octanol–water partition coefficient (Wildman–Crippen LogP) is 6.07. The zero-order chi connectivity index (χ0) is 17.0. The van der Waals surface area contributed by atoms with Gasteiger partial charge >= 0.3 is 0 Å². The summed E-state index contributed by atoms with van der Waals surface area (Å²) in [6.07, 6.45) is 11.2. The summed E-state index contributed by atoms with van der Waals surface area (Å²) in [5.41, 5.74) is 4.13. The third-order valence-electron chi connectivity index (χ3n) is 6.55. The van der Waals surface area contributed by atoms with E-state index in [2.05, 4.69) is 72.7 Å². The molecule has 0 fully saturated rings. The summed E-state index contributed by atoms with van der Waals surface area (Å²) in [4.78, 5) is 2.31. The van der Waals surface area contributed by atoms with Crippen LogP contribution in [0.2, 0.25) is 0 Å². The molecule has 0 radical (unpaired) electrons. The summed E-state index contributed by atoms with van der Waals surface area (Å²) in [7, 11) is 4.36. The van der Waals surface area contributed by atoms with E-state index < -0.39 is 0 Å². The Morgan fingerprint density at radius 1 is 0.955 bits per heavy atom. The number of hydrogen-bond acceptors (Lipinski definition) is 1. The molecule has 0 aliphatic heterocycles. The average Bonchev–Trinajstić information content (AvgIpc) is 2.96. The highest BCUT2D eigenvalue weighted by atomic mass is 15.0. The molecule has 0 bridgehead atoms. The van der Waals surface area contributed by atoms with Crippen LogP contribution in [0.3, 0.4) is 0 Å². The highest BCUT2D eigenvalue weighted by Gasteiger charge is 2.41. The Labute approximate surface area is 139 Å². The van der Waals surface area contributed by atoms with Crippen molar-refractivity contribution < 1.29 is 0 Å². The molecule has 0 saturated carbocycles. The molecule has 0 amide bonds. The van der Waals surface area contributed by atoms with Gasteiger partial charge in [0, 0.05) is 12.5 Å². The molecule has 1 unspecified atom stereocenters. The summed E-state index contributed by atoms with van der Waals surface area (Å²) >= 11 is 0. The molecule has 1 atom stereocenters. The smallest absolute Gasteiger partial charge is 0.00449 e. The van der Waals surface area contributed by atoms with Gasteiger partial charge in [-0.05, 0) is 62.6 Å². The Morgan fingerprint density at radius 2 is 1.50 bits per heavy atom. The molecule has 0 aromatic rings. The Morgan fingerprint density at radius 3 is 1.91 bits per heavy atom. The van der Waals surface area contributed by atoms with Crippen LogP contribution in [0.1, 0.15) is 73.6 Å². The number of allylic oxidation sites excluding steroid dienone is 3. The Bertz CT molecular complexity index is 406. The number of hydrogen-bond donors (Lipinski definition) is 0. The highest BCUT2D eigenvalue weighted by Crippen LogP contribution is 2.52. The fourth-order valence-electron chi connectivity index (χ4n) is 3.82. The second-order valence-corrected chi connectivity index (χ2v) is 7.96. The normalized spacial score (nSPS) is 19.6. The summed E-state index contributed by atoms with van der Waals surface area (Å²) in [5, 5.41) is 0. The topological polar surface area (TPSA) is 3.24 Å². The Kier molecular flexibility index (Phi) is 6.92. The minimum atomic E-state index is 0.349. The minimum Gasteiger partial charge on any atom is -0.309 e. The number of nitrogens with zero attached hydrogens (tertiary/aromatic N) is 1. The summed E-state index contributed by atoms with van der Waals surface area (Å²) in [6.45, 7) is 15.6. The molecule has 0 aromatic heterocycles. The van der Waals surface area contributed by atoms with Gasteiger partial charge in [0.2, 0.25) is 0 Å². The van der Waals surface area contributed by atoms with Crippen molar-refractivity contribution in [1.82, 2.24) is 4.90 Å². The monoisotopic (exact) mass is 305 g/mol. The fourth-order valence-corrected chi connectivity index (χ4v) is 3.82. The predicted molar refractivity (Wildman–Crippen MR) is 100 cm³/mol. The SMILES string of the molecule is CCC(C)(CC)C1=C(CCN(C)C)C=CC1C(C)(CC)CC. The molecule has 1 nitrogen and oxygen atoms in total. The Balaban J connectivity index is 3.27. The van der Waals surface area contributed by atoms with Crippen LogP contribution in [-0.4, -0.2) is 25.5 Å². The maximum Gasteiger partial charge on any atom is 0.00449 e. The largest absolute Gasteiger partial charge is 0.309 e. The van der Waals surface area contributed by atoms with Gasteiger partial charge in [0.25, 0.3) is 0 Å². The summed E-state index contributed by atoms with van der Waals surface area (Å²) in [5.74, 6) is 0.629. The van der Waals surface area contributed by atoms with Crippen LogP contribution in [0.15, 0.2) is 23.3 Å². The standard InChI is InChI=1S/C21H39N/c1-9-20(5,10-2)18-14-13-17(15-16-22(7)8)19(18)21(6,11-3)12-4/h13-14,18H,9-12,15-16H2,1-8H3. The Hall–Kier alpha value is -0.560. The first kappa shape index (κ1) is 19.5. The van der Waals surface area contributed by atoms with Crippen molar-refractivity contribution >= 4 is 0 Å². The van der Waals surface area contributed by atoms with Gasteiger partial charge in [-0.2, -0.15) is 0 Å². The van der Waals surface area contributed by atoms with Crippen molar-refractivity contribution in [1.29, 1.82) is 0 Å². The van der Waals surface area contributed by atoms with Crippen LogP contribution >= 0.6 is 0 Å². The van der Waals surface area contributed by atoms with E-state index in [0.717, 1.165) is 6.54 Å². The molecule has 0 heterocycles. The van der Waals surface area contributed by atoms with Crippen LogP contribution in [0.25, 0.3) is 0 Å². The van der Waals surface area contributed by atoms with E-state index in [4.69, 9.17) is 0 Å². The fraction of sp³-hybridized carbons (Fsp3) is 0.810. The third kappa shape index (κ3) is 3.85. The zero-order valence-corrected chi connectivity index (χ0v) is 16.4. The zero-order valence-electron chi connectivity index (χ0n) is 16.4. The van der Waals surface area contributed by atoms with Crippen molar-refractivity contribution in [3.05, 3.63) is 23.3 Å². The van der Waals surface area contributed by atoms with Gasteiger partial charge < -0.3 is 4.90 Å². The van der Waals surface area contributed by atoms with Gasteiger partial charge in [0.15, 0.2) is 0 Å². The summed E-state index contributed by atoms with van der Waals surface area (Å²) in [6, 6.07) is 0. The second-order valence-electron chi connectivity index (χ2n) is 7.96. The molecule has 1 rings (SSSR count). The molecule has 1 heteroatoms. The first-order chi connectivity index (χ1) is 10.3.